The maximum Gasteiger partial charge on any atom is 0.258 e. The monoisotopic (exact) mass is 738 g/mol. The number of anilines is 3. The second-order valence-electron chi connectivity index (χ2n) is 8.12. The lowest BCUT2D eigenvalue weighted by Gasteiger charge is -2.10. The molecule has 17 heteroatoms. The third-order valence-electron chi connectivity index (χ3n) is 5.40. The highest BCUT2D eigenvalue weighted by Gasteiger charge is 2.10. The van der Waals surface area contributed by atoms with Crippen molar-refractivity contribution in [3.05, 3.63) is 75.1 Å². The first-order valence-electron chi connectivity index (χ1n) is 12.1. The fourth-order valence-electron chi connectivity index (χ4n) is 3.52. The lowest BCUT2D eigenvalue weighted by atomic mass is 10.3. The zero-order chi connectivity index (χ0) is 30.9. The Balaban J connectivity index is 0.000000162. The normalized spacial score (nSPS) is 10.3. The Hall–Kier alpha value is -4.35. The van der Waals surface area contributed by atoms with Crippen molar-refractivity contribution in [2.75, 3.05) is 39.5 Å². The number of nitrogens with two attached hydrogens (primary N) is 1. The summed E-state index contributed by atoms with van der Waals surface area (Å²) >= 11 is 14.0. The molecule has 0 atom stereocenters. The highest BCUT2D eigenvalue weighted by Crippen LogP contribution is 2.29. The Kier molecular flexibility index (Phi) is 10.8. The van der Waals surface area contributed by atoms with Gasteiger partial charge >= 0.3 is 0 Å². The molecule has 0 saturated heterocycles. The lowest BCUT2D eigenvalue weighted by Crippen LogP contribution is -2.00. The molecule has 0 unspecified atom stereocenters. The number of nitrogen functional groups attached to an aromatic ring is 1. The summed E-state index contributed by atoms with van der Waals surface area (Å²) in [5.41, 5.74) is 7.60. The highest BCUT2D eigenvalue weighted by atomic mass is 127. The lowest BCUT2D eigenvalue weighted by molar-refractivity contribution is 0.343. The van der Waals surface area contributed by atoms with E-state index in [0.717, 1.165) is 9.22 Å². The molecule has 224 valence electrons. The third-order valence-corrected chi connectivity index (χ3v) is 6.61. The Morgan fingerprint density at radius 2 is 1.30 bits per heavy atom. The van der Waals surface area contributed by atoms with Crippen LogP contribution in [-0.4, -0.2) is 67.6 Å². The summed E-state index contributed by atoms with van der Waals surface area (Å²) in [4.78, 5) is 16.4. The molecule has 6 aromatic heterocycles. The van der Waals surface area contributed by atoms with Crippen molar-refractivity contribution >= 4 is 74.4 Å². The van der Waals surface area contributed by atoms with Crippen molar-refractivity contribution in [2.45, 2.75) is 0 Å². The number of nitrogens with one attached hydrogen (secondary N) is 1. The van der Waals surface area contributed by atoms with Gasteiger partial charge in [-0.05, 0) is 59.0 Å². The van der Waals surface area contributed by atoms with Gasteiger partial charge in [0, 0.05) is 12.4 Å². The number of pyridine rings is 4. The molecule has 0 aromatic carbocycles. The Labute approximate surface area is 269 Å². The van der Waals surface area contributed by atoms with E-state index in [2.05, 4.69) is 58.0 Å². The first-order valence-corrected chi connectivity index (χ1v) is 13.9. The van der Waals surface area contributed by atoms with Crippen molar-refractivity contribution in [3.63, 3.8) is 0 Å². The molecular formula is C26H25Cl2IN10O4. The minimum atomic E-state index is 0.391. The molecule has 0 radical (unpaired) electrons. The summed E-state index contributed by atoms with van der Waals surface area (Å²) < 4.78 is 24.4. The van der Waals surface area contributed by atoms with Crippen LogP contribution < -0.4 is 30.0 Å². The SMILES string of the molecule is COc1ccc(N)nc1OC.COc1ccc(Nc2cc(Cl)cn3ncnc23)nc1OC.Clc1cc(I)c2ncnn2c1. The molecule has 0 bridgehead atoms. The summed E-state index contributed by atoms with van der Waals surface area (Å²) in [5, 5.41) is 12.4. The minimum absolute atomic E-state index is 0.391. The maximum absolute atomic E-state index is 6.06. The van der Waals surface area contributed by atoms with E-state index < -0.39 is 0 Å². The molecule has 6 aromatic rings. The van der Waals surface area contributed by atoms with Gasteiger partial charge in [-0.3, -0.25) is 0 Å². The number of aromatic nitrogens is 8. The Bertz CT molecular complexity index is 1840. The van der Waals surface area contributed by atoms with Crippen LogP contribution in [0.4, 0.5) is 17.3 Å². The number of ether oxygens (including phenoxy) is 4. The van der Waals surface area contributed by atoms with E-state index in [9.17, 15) is 0 Å². The number of hydrogen-bond donors (Lipinski definition) is 2. The number of nitrogens with zero attached hydrogens (tertiary/aromatic N) is 8. The molecule has 0 spiro atoms. The van der Waals surface area contributed by atoms with Gasteiger partial charge in [-0.2, -0.15) is 20.2 Å². The van der Waals surface area contributed by atoms with Crippen molar-refractivity contribution < 1.29 is 18.9 Å². The summed E-state index contributed by atoms with van der Waals surface area (Å²) in [5.74, 6) is 2.94. The highest BCUT2D eigenvalue weighted by molar-refractivity contribution is 14.1. The van der Waals surface area contributed by atoms with Crippen LogP contribution in [0.5, 0.6) is 23.3 Å². The molecule has 0 aliphatic carbocycles. The molecule has 3 N–H and O–H groups in total. The van der Waals surface area contributed by atoms with Gasteiger partial charge in [0.15, 0.2) is 22.8 Å². The van der Waals surface area contributed by atoms with Gasteiger partial charge in [0.05, 0.1) is 47.7 Å². The molecule has 0 amide bonds. The van der Waals surface area contributed by atoms with E-state index in [1.54, 1.807) is 66.0 Å². The summed E-state index contributed by atoms with van der Waals surface area (Å²) in [6, 6.07) is 10.5. The zero-order valence-electron chi connectivity index (χ0n) is 23.2. The molecule has 0 aliphatic heterocycles. The van der Waals surface area contributed by atoms with Crippen molar-refractivity contribution in [2.24, 2.45) is 0 Å². The van der Waals surface area contributed by atoms with Gasteiger partial charge in [0.1, 0.15) is 24.3 Å². The molecule has 6 heterocycles. The fraction of sp³-hybridized carbons (Fsp3) is 0.154. The predicted octanol–water partition coefficient (Wildman–Crippen LogP) is 5.21. The van der Waals surface area contributed by atoms with Gasteiger partial charge in [0.2, 0.25) is 0 Å². The zero-order valence-corrected chi connectivity index (χ0v) is 26.9. The largest absolute Gasteiger partial charge is 0.491 e. The molecule has 14 nitrogen and oxygen atoms in total. The molecule has 0 aliphatic rings. The van der Waals surface area contributed by atoms with E-state index in [-0.39, 0.29) is 0 Å². The van der Waals surface area contributed by atoms with Crippen LogP contribution in [0.15, 0.2) is 61.4 Å². The van der Waals surface area contributed by atoms with Crippen LogP contribution in [-0.2, 0) is 0 Å². The smallest absolute Gasteiger partial charge is 0.258 e. The van der Waals surface area contributed by atoms with Gasteiger partial charge in [0.25, 0.3) is 11.8 Å². The van der Waals surface area contributed by atoms with Crippen LogP contribution in [0.2, 0.25) is 10.0 Å². The third kappa shape index (κ3) is 7.94. The summed E-state index contributed by atoms with van der Waals surface area (Å²) in [6.45, 7) is 0. The van der Waals surface area contributed by atoms with Gasteiger partial charge in [-0.15, -0.1) is 0 Å². The van der Waals surface area contributed by atoms with E-state index >= 15 is 0 Å². The quantitative estimate of drug-likeness (QED) is 0.215. The number of fused-ring (bicyclic) bond motifs is 2. The second kappa shape index (κ2) is 14.7. The fourth-order valence-corrected chi connectivity index (χ4v) is 4.83. The second-order valence-corrected chi connectivity index (χ2v) is 10.2. The van der Waals surface area contributed by atoms with Crippen molar-refractivity contribution in [1.82, 2.24) is 39.2 Å². The average molecular weight is 739 g/mol. The number of rotatable bonds is 6. The van der Waals surface area contributed by atoms with Crippen LogP contribution in [0.1, 0.15) is 0 Å². The van der Waals surface area contributed by atoms with E-state index in [1.807, 2.05) is 6.07 Å². The van der Waals surface area contributed by atoms with E-state index in [4.69, 9.17) is 47.9 Å². The summed E-state index contributed by atoms with van der Waals surface area (Å²) in [6.07, 6.45) is 6.37. The van der Waals surface area contributed by atoms with Crippen molar-refractivity contribution in [3.8, 4) is 23.3 Å². The van der Waals surface area contributed by atoms with Crippen molar-refractivity contribution in [1.29, 1.82) is 0 Å². The minimum Gasteiger partial charge on any atom is -0.491 e. The average Bonchev–Trinajstić information content (AvgIpc) is 3.67. The Morgan fingerprint density at radius 1 is 0.744 bits per heavy atom. The van der Waals surface area contributed by atoms with Gasteiger partial charge in [-0.25, -0.2) is 19.0 Å². The van der Waals surface area contributed by atoms with E-state index in [1.165, 1.54) is 26.9 Å². The molecular weight excluding hydrogens is 714 g/mol. The summed E-state index contributed by atoms with van der Waals surface area (Å²) in [7, 11) is 6.16. The van der Waals surface area contributed by atoms with Crippen LogP contribution >= 0.6 is 45.8 Å². The van der Waals surface area contributed by atoms with Gasteiger partial charge < -0.3 is 30.0 Å². The predicted molar refractivity (Wildman–Crippen MR) is 171 cm³/mol. The number of halogens is 3. The molecule has 6 rings (SSSR count). The van der Waals surface area contributed by atoms with Crippen LogP contribution in [0.25, 0.3) is 11.3 Å². The van der Waals surface area contributed by atoms with Crippen LogP contribution in [0, 0.1) is 3.57 Å². The Morgan fingerprint density at radius 3 is 1.93 bits per heavy atom. The maximum atomic E-state index is 6.06. The van der Waals surface area contributed by atoms with Gasteiger partial charge in [-0.1, -0.05) is 23.2 Å². The molecule has 43 heavy (non-hydrogen) atoms. The standard InChI is InChI=1S/C13H12ClN5O2.C7H10N2O2.C6H3ClIN3/c1-20-10-3-4-11(18-13(10)21-2)17-9-5-8(14)6-19-12(9)15-7-16-19;1-10-5-3-4-6(8)9-7(5)11-2;7-4-1-5(8)6-9-3-10-11(6)2-4/h3-7H,1-2H3,(H,17,18);3-4H,1-2H3,(H2,8,9);1-3H. The van der Waals surface area contributed by atoms with E-state index in [0.29, 0.717) is 56.3 Å². The first kappa shape index (κ1) is 31.6. The molecule has 0 saturated carbocycles. The molecule has 0 fully saturated rings. The number of methoxy groups -OCH3 is 4. The topological polar surface area (TPSA) is 161 Å². The number of hydrogen-bond acceptors (Lipinski definition) is 12. The first-order chi connectivity index (χ1) is 20.8. The van der Waals surface area contributed by atoms with Crippen LogP contribution in [0.3, 0.4) is 0 Å².